The molecule has 1 aliphatic rings. The van der Waals surface area contributed by atoms with Crippen LogP contribution in [0.2, 0.25) is 0 Å². The second kappa shape index (κ2) is 9.31. The van der Waals surface area contributed by atoms with E-state index in [1.165, 1.54) is 38.6 Å². The lowest BCUT2D eigenvalue weighted by molar-refractivity contribution is -0.119. The quantitative estimate of drug-likeness (QED) is 0.775. The van der Waals surface area contributed by atoms with Crippen molar-refractivity contribution in [2.24, 2.45) is 0 Å². The van der Waals surface area contributed by atoms with Gasteiger partial charge in [-0.1, -0.05) is 20.1 Å². The first-order valence-electron chi connectivity index (χ1n) is 5.51. The zero-order chi connectivity index (χ0) is 11.5. The molecule has 1 N–H and O–H groups in total. The van der Waals surface area contributed by atoms with E-state index in [4.69, 9.17) is 0 Å². The Morgan fingerprint density at radius 3 is 2.20 bits per heavy atom. The second-order valence-electron chi connectivity index (χ2n) is 3.40. The summed E-state index contributed by atoms with van der Waals surface area (Å²) < 4.78 is 0. The number of likely N-dealkylation sites (tertiary alicyclic amines) is 1. The van der Waals surface area contributed by atoms with E-state index in [0.717, 1.165) is 0 Å². The molecular weight excluding hydrogens is 188 g/mol. The van der Waals surface area contributed by atoms with Gasteiger partial charge in [0.15, 0.2) is 0 Å². The molecule has 0 unspecified atom stereocenters. The van der Waals surface area contributed by atoms with Gasteiger partial charge >= 0.3 is 0 Å². The Hall–Kier alpha value is -1.25. The molecule has 0 aliphatic carbocycles. The summed E-state index contributed by atoms with van der Waals surface area (Å²) in [5.41, 5.74) is 0. The fraction of sp³-hybridized carbons (Fsp3) is 0.583. The maximum absolute atomic E-state index is 10.2. The van der Waals surface area contributed by atoms with Gasteiger partial charge in [0.2, 0.25) is 5.91 Å². The minimum absolute atomic E-state index is 0.00926. The first-order valence-corrected chi connectivity index (χ1v) is 5.51. The largest absolute Gasteiger partial charge is 0.378 e. The van der Waals surface area contributed by atoms with Crippen molar-refractivity contribution in [3.05, 3.63) is 25.6 Å². The molecule has 15 heavy (non-hydrogen) atoms. The van der Waals surface area contributed by atoms with Gasteiger partial charge in [0, 0.05) is 19.5 Å². The van der Waals surface area contributed by atoms with Crippen molar-refractivity contribution < 1.29 is 4.79 Å². The molecule has 1 amide bonds. The maximum atomic E-state index is 10.2. The van der Waals surface area contributed by atoms with Gasteiger partial charge in [-0.3, -0.25) is 4.79 Å². The van der Waals surface area contributed by atoms with Crippen molar-refractivity contribution in [2.75, 3.05) is 13.1 Å². The van der Waals surface area contributed by atoms with Gasteiger partial charge in [0.1, 0.15) is 0 Å². The fourth-order valence-electron chi connectivity index (χ4n) is 1.32. The standard InChI is InChI=1S/C7H13N.C5H9NO/c1-2-8-6-4-3-5-7-8;1-3-5(7)6-4-2/h2H,1,3-7H2;4H,2-3H2,1H3,(H,6,7). The van der Waals surface area contributed by atoms with Crippen LogP contribution in [-0.4, -0.2) is 23.9 Å². The molecule has 0 saturated carbocycles. The number of hydrogen-bond donors (Lipinski definition) is 1. The average Bonchev–Trinajstić information content (AvgIpc) is 2.31. The van der Waals surface area contributed by atoms with Crippen LogP contribution in [0.15, 0.2) is 25.6 Å². The van der Waals surface area contributed by atoms with E-state index in [2.05, 4.69) is 23.4 Å². The number of rotatable bonds is 3. The molecule has 3 nitrogen and oxygen atoms in total. The van der Waals surface area contributed by atoms with Crippen LogP contribution in [0.5, 0.6) is 0 Å². The molecule has 3 heteroatoms. The summed E-state index contributed by atoms with van der Waals surface area (Å²) in [6.07, 6.45) is 7.96. The van der Waals surface area contributed by atoms with Crippen molar-refractivity contribution in [1.29, 1.82) is 0 Å². The molecular formula is C12H22N2O. The number of hydrogen-bond acceptors (Lipinski definition) is 2. The van der Waals surface area contributed by atoms with Crippen LogP contribution >= 0.6 is 0 Å². The monoisotopic (exact) mass is 210 g/mol. The van der Waals surface area contributed by atoms with E-state index in [-0.39, 0.29) is 5.91 Å². The molecule has 0 spiro atoms. The molecule has 0 bridgehead atoms. The summed E-state index contributed by atoms with van der Waals surface area (Å²) >= 11 is 0. The third-order valence-electron chi connectivity index (χ3n) is 2.23. The molecule has 0 aromatic heterocycles. The lowest BCUT2D eigenvalue weighted by atomic mass is 10.1. The molecule has 0 radical (unpaired) electrons. The molecule has 1 fully saturated rings. The molecule has 1 saturated heterocycles. The number of nitrogens with one attached hydrogen (secondary N) is 1. The molecule has 0 aromatic rings. The molecule has 1 heterocycles. The highest BCUT2D eigenvalue weighted by molar-refractivity contribution is 5.76. The predicted octanol–water partition coefficient (Wildman–Crippen LogP) is 2.27. The zero-order valence-corrected chi connectivity index (χ0v) is 9.67. The van der Waals surface area contributed by atoms with E-state index in [9.17, 15) is 4.79 Å². The minimum Gasteiger partial charge on any atom is -0.378 e. The van der Waals surface area contributed by atoms with Crippen molar-refractivity contribution in [3.8, 4) is 0 Å². The van der Waals surface area contributed by atoms with Gasteiger partial charge in [-0.15, -0.1) is 0 Å². The number of amides is 1. The van der Waals surface area contributed by atoms with Crippen molar-refractivity contribution in [2.45, 2.75) is 32.6 Å². The maximum Gasteiger partial charge on any atom is 0.223 e. The average molecular weight is 210 g/mol. The Morgan fingerprint density at radius 2 is 1.93 bits per heavy atom. The normalized spacial score (nSPS) is 14.6. The van der Waals surface area contributed by atoms with Gasteiger partial charge in [0.25, 0.3) is 0 Å². The van der Waals surface area contributed by atoms with E-state index in [1.54, 1.807) is 6.92 Å². The summed E-state index contributed by atoms with van der Waals surface area (Å²) in [5.74, 6) is 0.00926. The Bertz CT molecular complexity index is 196. The van der Waals surface area contributed by atoms with Crippen LogP contribution in [0, 0.1) is 0 Å². The number of carbonyl (C=O) groups is 1. The molecule has 1 aliphatic heterocycles. The highest BCUT2D eigenvalue weighted by Crippen LogP contribution is 2.07. The van der Waals surface area contributed by atoms with Crippen LogP contribution in [-0.2, 0) is 4.79 Å². The third kappa shape index (κ3) is 7.79. The second-order valence-corrected chi connectivity index (χ2v) is 3.40. The third-order valence-corrected chi connectivity index (χ3v) is 2.23. The minimum atomic E-state index is 0.00926. The van der Waals surface area contributed by atoms with E-state index < -0.39 is 0 Å². The van der Waals surface area contributed by atoms with Crippen LogP contribution in [0.3, 0.4) is 0 Å². The predicted molar refractivity (Wildman–Crippen MR) is 64.3 cm³/mol. The summed E-state index contributed by atoms with van der Waals surface area (Å²) in [4.78, 5) is 12.5. The number of piperidine rings is 1. The Kier molecular flexibility index (Phi) is 8.53. The summed E-state index contributed by atoms with van der Waals surface area (Å²) in [5, 5.41) is 2.42. The van der Waals surface area contributed by atoms with Crippen molar-refractivity contribution in [1.82, 2.24) is 10.2 Å². The topological polar surface area (TPSA) is 32.3 Å². The lowest BCUT2D eigenvalue weighted by Crippen LogP contribution is -2.23. The van der Waals surface area contributed by atoms with Gasteiger partial charge in [0.05, 0.1) is 0 Å². The zero-order valence-electron chi connectivity index (χ0n) is 9.67. The van der Waals surface area contributed by atoms with Crippen LogP contribution < -0.4 is 5.32 Å². The van der Waals surface area contributed by atoms with Gasteiger partial charge < -0.3 is 10.2 Å². The molecule has 0 aromatic carbocycles. The SMILES string of the molecule is C=CN1CCCCC1.C=CNC(=O)CC. The highest BCUT2D eigenvalue weighted by Gasteiger charge is 2.03. The smallest absolute Gasteiger partial charge is 0.223 e. The number of carbonyl (C=O) groups excluding carboxylic acids is 1. The van der Waals surface area contributed by atoms with Gasteiger partial charge in [-0.2, -0.15) is 0 Å². The van der Waals surface area contributed by atoms with E-state index >= 15 is 0 Å². The Morgan fingerprint density at radius 1 is 1.33 bits per heavy atom. The van der Waals surface area contributed by atoms with Crippen LogP contribution in [0.1, 0.15) is 32.6 Å². The van der Waals surface area contributed by atoms with E-state index in [0.29, 0.717) is 6.42 Å². The Balaban J connectivity index is 0.000000265. The summed E-state index contributed by atoms with van der Waals surface area (Å²) in [7, 11) is 0. The molecule has 1 rings (SSSR count). The van der Waals surface area contributed by atoms with Crippen LogP contribution in [0.4, 0.5) is 0 Å². The summed E-state index contributed by atoms with van der Waals surface area (Å²) in [6, 6.07) is 0. The van der Waals surface area contributed by atoms with Crippen LogP contribution in [0.25, 0.3) is 0 Å². The lowest BCUT2D eigenvalue weighted by Gasteiger charge is -2.23. The van der Waals surface area contributed by atoms with Gasteiger partial charge in [-0.05, 0) is 31.7 Å². The van der Waals surface area contributed by atoms with Gasteiger partial charge in [-0.25, -0.2) is 0 Å². The number of nitrogens with zero attached hydrogens (tertiary/aromatic N) is 1. The Labute approximate surface area is 92.8 Å². The summed E-state index contributed by atoms with van der Waals surface area (Å²) in [6.45, 7) is 11.3. The molecule has 86 valence electrons. The molecule has 0 atom stereocenters. The highest BCUT2D eigenvalue weighted by atomic mass is 16.1. The van der Waals surface area contributed by atoms with Crippen molar-refractivity contribution in [3.63, 3.8) is 0 Å². The van der Waals surface area contributed by atoms with Crippen molar-refractivity contribution >= 4 is 5.91 Å². The fourth-order valence-corrected chi connectivity index (χ4v) is 1.32. The first kappa shape index (κ1) is 13.8. The first-order chi connectivity index (χ1) is 7.24. The van der Waals surface area contributed by atoms with E-state index in [1.807, 2.05) is 6.20 Å².